The largest absolute Gasteiger partial charge is 0.418 e. The molecular formula is C16H22N3O5P. The fourth-order valence-corrected chi connectivity index (χ4v) is 3.61. The van der Waals surface area contributed by atoms with Crippen molar-refractivity contribution in [1.82, 2.24) is 10.4 Å². The summed E-state index contributed by atoms with van der Waals surface area (Å²) >= 11 is 0. The summed E-state index contributed by atoms with van der Waals surface area (Å²) in [4.78, 5) is 15.5. The minimum absolute atomic E-state index is 0.0102. The van der Waals surface area contributed by atoms with E-state index in [2.05, 4.69) is 15.8 Å². The monoisotopic (exact) mass is 367 g/mol. The predicted octanol–water partition coefficient (Wildman–Crippen LogP) is 3.00. The van der Waals surface area contributed by atoms with E-state index in [1.807, 2.05) is 31.2 Å². The quantitative estimate of drug-likeness (QED) is 0.546. The molecule has 1 aromatic heterocycles. The lowest BCUT2D eigenvalue weighted by Crippen LogP contribution is -2.29. The molecule has 136 valence electrons. The Kier molecular flexibility index (Phi) is 6.36. The van der Waals surface area contributed by atoms with Crippen molar-refractivity contribution >= 4 is 24.8 Å². The molecule has 1 amide bonds. The molecule has 0 saturated heterocycles. The lowest BCUT2D eigenvalue weighted by atomic mass is 10.1. The number of rotatable bonds is 8. The highest BCUT2D eigenvalue weighted by Crippen LogP contribution is 2.49. The number of amides is 1. The lowest BCUT2D eigenvalue weighted by Gasteiger charge is -2.15. The average Bonchev–Trinajstić information content (AvgIpc) is 2.99. The van der Waals surface area contributed by atoms with E-state index in [1.165, 1.54) is 6.92 Å². The van der Waals surface area contributed by atoms with Crippen LogP contribution in [0.15, 0.2) is 28.7 Å². The van der Waals surface area contributed by atoms with Gasteiger partial charge in [0, 0.05) is 12.5 Å². The van der Waals surface area contributed by atoms with E-state index in [9.17, 15) is 9.36 Å². The van der Waals surface area contributed by atoms with Crippen molar-refractivity contribution in [2.24, 2.45) is 0 Å². The Morgan fingerprint density at radius 3 is 2.32 bits per heavy atom. The number of hydrogen-bond acceptors (Lipinski definition) is 7. The van der Waals surface area contributed by atoms with Crippen LogP contribution in [0.25, 0.3) is 11.5 Å². The van der Waals surface area contributed by atoms with Crippen LogP contribution in [-0.4, -0.2) is 24.1 Å². The normalized spacial score (nSPS) is 11.4. The van der Waals surface area contributed by atoms with Crippen molar-refractivity contribution in [2.45, 2.75) is 27.7 Å². The van der Waals surface area contributed by atoms with E-state index in [0.29, 0.717) is 5.56 Å². The van der Waals surface area contributed by atoms with E-state index in [-0.39, 0.29) is 36.3 Å². The number of benzene rings is 1. The zero-order valence-corrected chi connectivity index (χ0v) is 15.6. The second-order valence-electron chi connectivity index (χ2n) is 5.18. The van der Waals surface area contributed by atoms with Crippen LogP contribution in [0, 0.1) is 6.92 Å². The Labute approximate surface area is 146 Å². The molecule has 1 aromatic carbocycles. The summed E-state index contributed by atoms with van der Waals surface area (Å²) in [5.41, 5.74) is 6.72. The van der Waals surface area contributed by atoms with Gasteiger partial charge in [0.1, 0.15) is 0 Å². The van der Waals surface area contributed by atoms with Crippen molar-refractivity contribution in [3.63, 3.8) is 0 Å². The number of nitrogens with zero attached hydrogens (tertiary/aromatic N) is 1. The number of anilines is 1. The average molecular weight is 367 g/mol. The van der Waals surface area contributed by atoms with E-state index >= 15 is 0 Å². The van der Waals surface area contributed by atoms with Gasteiger partial charge in [0.2, 0.25) is 23.1 Å². The summed E-state index contributed by atoms with van der Waals surface area (Å²) in [5, 5.41) is 0. The number of aromatic nitrogens is 1. The number of carbonyl (C=O) groups excluding carboxylic acids is 1. The van der Waals surface area contributed by atoms with Gasteiger partial charge in [-0.15, -0.1) is 0 Å². The zero-order valence-electron chi connectivity index (χ0n) is 14.7. The molecule has 0 atom stereocenters. The highest BCUT2D eigenvalue weighted by Gasteiger charge is 2.36. The van der Waals surface area contributed by atoms with E-state index < -0.39 is 7.60 Å². The van der Waals surface area contributed by atoms with Gasteiger partial charge in [0.05, 0.1) is 13.2 Å². The molecule has 2 N–H and O–H groups in total. The molecule has 2 aromatic rings. The first-order chi connectivity index (χ1) is 11.9. The molecule has 1 heterocycles. The first kappa shape index (κ1) is 19.2. The van der Waals surface area contributed by atoms with Crippen molar-refractivity contribution < 1.29 is 22.8 Å². The van der Waals surface area contributed by atoms with Gasteiger partial charge in [-0.1, -0.05) is 17.7 Å². The van der Waals surface area contributed by atoms with Gasteiger partial charge in [-0.2, -0.15) is 4.98 Å². The van der Waals surface area contributed by atoms with Crippen LogP contribution in [0.4, 0.5) is 5.88 Å². The third-order valence-corrected chi connectivity index (χ3v) is 5.14. The van der Waals surface area contributed by atoms with Crippen LogP contribution in [0.3, 0.4) is 0 Å². The summed E-state index contributed by atoms with van der Waals surface area (Å²) < 4.78 is 29.4. The van der Waals surface area contributed by atoms with Gasteiger partial charge in [-0.25, -0.2) is 0 Å². The number of oxazole rings is 1. The second-order valence-corrected chi connectivity index (χ2v) is 7.11. The lowest BCUT2D eigenvalue weighted by molar-refractivity contribution is -0.118. The van der Waals surface area contributed by atoms with Crippen LogP contribution in [0.1, 0.15) is 26.3 Å². The van der Waals surface area contributed by atoms with Crippen molar-refractivity contribution in [3.05, 3.63) is 29.8 Å². The fourth-order valence-electron chi connectivity index (χ4n) is 2.04. The Hall–Kier alpha value is -2.15. The molecule has 0 unspecified atom stereocenters. The summed E-state index contributed by atoms with van der Waals surface area (Å²) in [5.74, 6) is -0.0969. The first-order valence-corrected chi connectivity index (χ1v) is 9.44. The molecule has 9 heteroatoms. The molecule has 8 nitrogen and oxygen atoms in total. The molecule has 0 radical (unpaired) electrons. The van der Waals surface area contributed by atoms with Gasteiger partial charge >= 0.3 is 7.60 Å². The minimum atomic E-state index is -3.70. The van der Waals surface area contributed by atoms with Crippen LogP contribution in [-0.2, 0) is 18.4 Å². The Morgan fingerprint density at radius 1 is 1.20 bits per heavy atom. The van der Waals surface area contributed by atoms with Crippen LogP contribution < -0.4 is 16.3 Å². The molecule has 0 aliphatic heterocycles. The maximum Gasteiger partial charge on any atom is 0.385 e. The Balaban J connectivity index is 2.49. The molecule has 2 rings (SSSR count). The highest BCUT2D eigenvalue weighted by atomic mass is 31.2. The summed E-state index contributed by atoms with van der Waals surface area (Å²) in [7, 11) is -3.70. The topological polar surface area (TPSA) is 103 Å². The minimum Gasteiger partial charge on any atom is -0.418 e. The number of hydrogen-bond donors (Lipinski definition) is 2. The van der Waals surface area contributed by atoms with Crippen molar-refractivity contribution in [3.8, 4) is 11.5 Å². The number of carbonyl (C=O) groups is 1. The SMILES string of the molecule is CCOP(=O)(OCC)c1nc(-c2ccc(C)cc2)oc1NNC(C)=O. The molecular weight excluding hydrogens is 345 g/mol. The van der Waals surface area contributed by atoms with Gasteiger partial charge in [-0.05, 0) is 32.9 Å². The predicted molar refractivity (Wildman–Crippen MR) is 94.6 cm³/mol. The number of hydrazine groups is 1. The molecule has 0 saturated carbocycles. The highest BCUT2D eigenvalue weighted by molar-refractivity contribution is 7.62. The third kappa shape index (κ3) is 4.69. The maximum atomic E-state index is 13.1. The molecule has 0 spiro atoms. The molecule has 0 aliphatic rings. The summed E-state index contributed by atoms with van der Waals surface area (Å²) in [6.07, 6.45) is 0. The molecule has 0 bridgehead atoms. The Morgan fingerprint density at radius 2 is 1.80 bits per heavy atom. The molecule has 25 heavy (non-hydrogen) atoms. The van der Waals surface area contributed by atoms with E-state index in [0.717, 1.165) is 5.56 Å². The van der Waals surface area contributed by atoms with E-state index in [1.54, 1.807) is 13.8 Å². The smallest absolute Gasteiger partial charge is 0.385 e. The summed E-state index contributed by atoms with van der Waals surface area (Å²) in [6.45, 7) is 7.04. The standard InChI is InChI=1S/C16H22N3O5P/c1-5-22-25(21,23-6-2)16-15(19-18-12(4)20)24-14(17-16)13-9-7-11(3)8-10-13/h7-10,19H,5-6H2,1-4H3,(H,18,20). The van der Waals surface area contributed by atoms with Crippen molar-refractivity contribution in [2.75, 3.05) is 18.6 Å². The number of nitrogens with one attached hydrogen (secondary N) is 2. The zero-order chi connectivity index (χ0) is 18.4. The summed E-state index contributed by atoms with van der Waals surface area (Å²) in [6, 6.07) is 7.48. The maximum absolute atomic E-state index is 13.1. The van der Waals surface area contributed by atoms with Crippen molar-refractivity contribution in [1.29, 1.82) is 0 Å². The van der Waals surface area contributed by atoms with Crippen LogP contribution >= 0.6 is 7.60 Å². The Bertz CT molecular complexity index is 763. The van der Waals surface area contributed by atoms with Gasteiger partial charge in [0.25, 0.3) is 0 Å². The van der Waals surface area contributed by atoms with Crippen LogP contribution in [0.5, 0.6) is 0 Å². The first-order valence-electron chi connectivity index (χ1n) is 7.89. The fraction of sp³-hybridized carbons (Fsp3) is 0.375. The number of aryl methyl sites for hydroxylation is 1. The van der Waals surface area contributed by atoms with E-state index in [4.69, 9.17) is 13.5 Å². The molecule has 0 fully saturated rings. The third-order valence-electron chi connectivity index (χ3n) is 3.12. The van der Waals surface area contributed by atoms with Gasteiger partial charge in [-0.3, -0.25) is 20.2 Å². The second kappa shape index (κ2) is 8.29. The van der Waals surface area contributed by atoms with Crippen LogP contribution in [0.2, 0.25) is 0 Å². The van der Waals surface area contributed by atoms with Gasteiger partial charge in [0.15, 0.2) is 0 Å². The molecule has 0 aliphatic carbocycles. The van der Waals surface area contributed by atoms with Gasteiger partial charge < -0.3 is 13.5 Å².